The maximum atomic E-state index is 10.5. The second-order valence-corrected chi connectivity index (χ2v) is 3.40. The third-order valence-electron chi connectivity index (χ3n) is 2.23. The molecule has 0 radical (unpaired) electrons. The van der Waals surface area contributed by atoms with Crippen molar-refractivity contribution < 1.29 is 4.79 Å². The number of aryl methyl sites for hydroxylation is 1. The highest BCUT2D eigenvalue weighted by Crippen LogP contribution is 2.17. The number of hydrogen-bond acceptors (Lipinski definition) is 2. The van der Waals surface area contributed by atoms with Crippen molar-refractivity contribution in [3.8, 4) is 11.3 Å². The van der Waals surface area contributed by atoms with Gasteiger partial charge in [0.05, 0.1) is 5.69 Å². The van der Waals surface area contributed by atoms with Gasteiger partial charge in [-0.1, -0.05) is 30.3 Å². The molecule has 0 aliphatic heterocycles. The first-order valence-electron chi connectivity index (χ1n) is 4.79. The van der Waals surface area contributed by atoms with Crippen molar-refractivity contribution in [2.75, 3.05) is 0 Å². The van der Waals surface area contributed by atoms with Crippen molar-refractivity contribution >= 4 is 6.29 Å². The third-order valence-corrected chi connectivity index (χ3v) is 2.23. The number of nitrogens with zero attached hydrogens (tertiary/aromatic N) is 1. The van der Waals surface area contributed by atoms with Crippen molar-refractivity contribution in [1.82, 2.24) is 4.98 Å². The molecular weight excluding hydrogens is 186 g/mol. The molecule has 2 rings (SSSR count). The second-order valence-electron chi connectivity index (χ2n) is 3.40. The molecule has 0 N–H and O–H groups in total. The first-order chi connectivity index (χ1) is 7.29. The van der Waals surface area contributed by atoms with E-state index in [1.807, 2.05) is 37.3 Å². The molecule has 0 saturated carbocycles. The smallest absolute Gasteiger partial charge is 0.150 e. The Labute approximate surface area is 88.6 Å². The predicted octanol–water partition coefficient (Wildman–Crippen LogP) is 2.87. The zero-order valence-corrected chi connectivity index (χ0v) is 8.47. The number of hydrogen-bond donors (Lipinski definition) is 0. The minimum absolute atomic E-state index is 0.686. The van der Waals surface area contributed by atoms with Crippen molar-refractivity contribution in [3.05, 3.63) is 53.7 Å². The highest BCUT2D eigenvalue weighted by atomic mass is 16.1. The predicted molar refractivity (Wildman–Crippen MR) is 59.8 cm³/mol. The summed E-state index contributed by atoms with van der Waals surface area (Å²) in [4.78, 5) is 14.9. The summed E-state index contributed by atoms with van der Waals surface area (Å²) in [6.07, 6.45) is 0.841. The van der Waals surface area contributed by atoms with Gasteiger partial charge < -0.3 is 0 Å². The molecule has 0 spiro atoms. The number of benzene rings is 1. The van der Waals surface area contributed by atoms with Gasteiger partial charge in [-0.25, -0.2) is 0 Å². The molecule has 2 aromatic rings. The van der Waals surface area contributed by atoms with E-state index in [-0.39, 0.29) is 0 Å². The average Bonchev–Trinajstić information content (AvgIpc) is 2.29. The lowest BCUT2D eigenvalue weighted by atomic mass is 10.1. The molecule has 0 fully saturated rings. The van der Waals surface area contributed by atoms with Crippen LogP contribution in [0.25, 0.3) is 11.3 Å². The highest BCUT2D eigenvalue weighted by Gasteiger charge is 1.98. The zero-order valence-electron chi connectivity index (χ0n) is 8.47. The SMILES string of the molecule is Cc1cccc(-c2ccc(C=O)cc2)n1. The largest absolute Gasteiger partial charge is 0.298 e. The molecule has 0 saturated heterocycles. The van der Waals surface area contributed by atoms with E-state index in [2.05, 4.69) is 4.98 Å². The van der Waals surface area contributed by atoms with Crippen LogP contribution in [0.15, 0.2) is 42.5 Å². The molecule has 74 valence electrons. The summed E-state index contributed by atoms with van der Waals surface area (Å²) >= 11 is 0. The van der Waals surface area contributed by atoms with Crippen LogP contribution in [0.1, 0.15) is 16.1 Å². The molecule has 0 atom stereocenters. The lowest BCUT2D eigenvalue weighted by molar-refractivity contribution is 0.112. The molecular formula is C13H11NO. The summed E-state index contributed by atoms with van der Waals surface area (Å²) in [6.45, 7) is 1.96. The van der Waals surface area contributed by atoms with E-state index in [1.54, 1.807) is 12.1 Å². The van der Waals surface area contributed by atoms with Crippen molar-refractivity contribution in [3.63, 3.8) is 0 Å². The van der Waals surface area contributed by atoms with Gasteiger partial charge in [0, 0.05) is 16.8 Å². The Morgan fingerprint density at radius 1 is 1.07 bits per heavy atom. The summed E-state index contributed by atoms with van der Waals surface area (Å²) in [5.41, 5.74) is 3.65. The Hall–Kier alpha value is -1.96. The van der Waals surface area contributed by atoms with Crippen LogP contribution in [0.3, 0.4) is 0 Å². The lowest BCUT2D eigenvalue weighted by Gasteiger charge is -2.01. The van der Waals surface area contributed by atoms with Gasteiger partial charge in [-0.05, 0) is 19.1 Å². The normalized spacial score (nSPS) is 9.93. The van der Waals surface area contributed by atoms with Crippen LogP contribution in [-0.4, -0.2) is 11.3 Å². The maximum Gasteiger partial charge on any atom is 0.150 e. The molecule has 15 heavy (non-hydrogen) atoms. The van der Waals surface area contributed by atoms with Gasteiger partial charge in [0.25, 0.3) is 0 Å². The number of aromatic nitrogens is 1. The van der Waals surface area contributed by atoms with E-state index in [9.17, 15) is 4.79 Å². The Bertz CT molecular complexity index is 474. The fourth-order valence-electron chi connectivity index (χ4n) is 1.44. The van der Waals surface area contributed by atoms with E-state index in [0.29, 0.717) is 5.56 Å². The summed E-state index contributed by atoms with van der Waals surface area (Å²) in [5, 5.41) is 0. The van der Waals surface area contributed by atoms with E-state index < -0.39 is 0 Å². The molecule has 0 bridgehead atoms. The highest BCUT2D eigenvalue weighted by molar-refractivity contribution is 5.76. The summed E-state index contributed by atoms with van der Waals surface area (Å²) in [6, 6.07) is 13.3. The molecule has 1 aromatic heterocycles. The molecule has 0 unspecified atom stereocenters. The quantitative estimate of drug-likeness (QED) is 0.693. The fourth-order valence-corrected chi connectivity index (χ4v) is 1.44. The van der Waals surface area contributed by atoms with Crippen molar-refractivity contribution in [2.24, 2.45) is 0 Å². The molecule has 1 aromatic carbocycles. The summed E-state index contributed by atoms with van der Waals surface area (Å²) < 4.78 is 0. The Morgan fingerprint density at radius 3 is 2.40 bits per heavy atom. The number of carbonyl (C=O) groups is 1. The topological polar surface area (TPSA) is 30.0 Å². The maximum absolute atomic E-state index is 10.5. The number of pyridine rings is 1. The van der Waals surface area contributed by atoms with Crippen LogP contribution in [-0.2, 0) is 0 Å². The monoisotopic (exact) mass is 197 g/mol. The molecule has 2 nitrogen and oxygen atoms in total. The Kier molecular flexibility index (Phi) is 2.59. The first-order valence-corrected chi connectivity index (χ1v) is 4.79. The van der Waals surface area contributed by atoms with Gasteiger partial charge in [-0.2, -0.15) is 0 Å². The van der Waals surface area contributed by atoms with Crippen LogP contribution in [0.4, 0.5) is 0 Å². The minimum Gasteiger partial charge on any atom is -0.298 e. The number of rotatable bonds is 2. The Balaban J connectivity index is 2.41. The molecule has 0 amide bonds. The average molecular weight is 197 g/mol. The van der Waals surface area contributed by atoms with E-state index in [0.717, 1.165) is 23.2 Å². The van der Waals surface area contributed by atoms with Crippen LogP contribution < -0.4 is 0 Å². The summed E-state index contributed by atoms with van der Waals surface area (Å²) in [7, 11) is 0. The first kappa shape index (κ1) is 9.59. The van der Waals surface area contributed by atoms with Crippen LogP contribution >= 0.6 is 0 Å². The van der Waals surface area contributed by atoms with Crippen molar-refractivity contribution in [2.45, 2.75) is 6.92 Å². The fraction of sp³-hybridized carbons (Fsp3) is 0.0769. The van der Waals surface area contributed by atoms with Gasteiger partial charge in [0.2, 0.25) is 0 Å². The standard InChI is InChI=1S/C13H11NO/c1-10-3-2-4-13(14-10)12-7-5-11(9-15)6-8-12/h2-9H,1H3. The van der Waals surface area contributed by atoms with Gasteiger partial charge in [0.15, 0.2) is 0 Å². The van der Waals surface area contributed by atoms with Gasteiger partial charge in [-0.3, -0.25) is 9.78 Å². The van der Waals surface area contributed by atoms with E-state index >= 15 is 0 Å². The van der Waals surface area contributed by atoms with Crippen LogP contribution in [0, 0.1) is 6.92 Å². The summed E-state index contributed by atoms with van der Waals surface area (Å²) in [5.74, 6) is 0. The van der Waals surface area contributed by atoms with Crippen molar-refractivity contribution in [1.29, 1.82) is 0 Å². The molecule has 0 aliphatic carbocycles. The third kappa shape index (κ3) is 2.10. The van der Waals surface area contributed by atoms with Crippen LogP contribution in [0.2, 0.25) is 0 Å². The van der Waals surface area contributed by atoms with Gasteiger partial charge in [0.1, 0.15) is 6.29 Å². The van der Waals surface area contributed by atoms with Gasteiger partial charge >= 0.3 is 0 Å². The van der Waals surface area contributed by atoms with E-state index in [1.165, 1.54) is 0 Å². The Morgan fingerprint density at radius 2 is 1.80 bits per heavy atom. The lowest BCUT2D eigenvalue weighted by Crippen LogP contribution is -1.86. The molecule has 0 aliphatic rings. The number of carbonyl (C=O) groups excluding carboxylic acids is 1. The second kappa shape index (κ2) is 4.05. The molecule has 1 heterocycles. The van der Waals surface area contributed by atoms with Crippen LogP contribution in [0.5, 0.6) is 0 Å². The van der Waals surface area contributed by atoms with Gasteiger partial charge in [-0.15, -0.1) is 0 Å². The number of aldehydes is 1. The molecule has 2 heteroatoms. The van der Waals surface area contributed by atoms with E-state index in [4.69, 9.17) is 0 Å². The minimum atomic E-state index is 0.686. The zero-order chi connectivity index (χ0) is 10.7.